The molecule has 1 aliphatic carbocycles. The van der Waals surface area contributed by atoms with Gasteiger partial charge in [-0.1, -0.05) is 122 Å². The molecule has 0 aliphatic heterocycles. The van der Waals surface area contributed by atoms with E-state index in [-0.39, 0.29) is 26.0 Å². The monoisotopic (exact) mass is 813 g/mol. The van der Waals surface area contributed by atoms with E-state index in [2.05, 4.69) is 96.3 Å². The van der Waals surface area contributed by atoms with Crippen molar-refractivity contribution in [2.75, 3.05) is 0 Å². The third-order valence-corrected chi connectivity index (χ3v) is 11.9. The van der Waals surface area contributed by atoms with Gasteiger partial charge in [-0.2, -0.15) is 11.3 Å². The zero-order valence-corrected chi connectivity index (χ0v) is 30.6. The van der Waals surface area contributed by atoms with Gasteiger partial charge in [0, 0.05) is 45.6 Å². The average Bonchev–Trinajstić information content (AvgIpc) is 3.78. The topological polar surface area (TPSA) is 25.8 Å². The third kappa shape index (κ3) is 6.94. The summed E-state index contributed by atoms with van der Waals surface area (Å²) in [5.41, 5.74) is 4.58. The molecule has 3 heterocycles. The molecule has 4 aromatic carbocycles. The number of aromatic nitrogens is 2. The zero-order chi connectivity index (χ0) is 32.6. The maximum atomic E-state index is 8.84. The Bertz CT molecular complexity index is 2170. The van der Waals surface area contributed by atoms with E-state index in [0.29, 0.717) is 0 Å². The van der Waals surface area contributed by atoms with Crippen molar-refractivity contribution in [1.29, 1.82) is 0 Å². The minimum absolute atomic E-state index is 0. The van der Waals surface area contributed by atoms with E-state index >= 15 is 0 Å². The molecule has 8 rings (SSSR count). The number of nitrogens with zero attached hydrogens (tertiary/aromatic N) is 2. The maximum Gasteiger partial charge on any atom is 0.0795 e. The van der Waals surface area contributed by atoms with Crippen molar-refractivity contribution in [3.05, 3.63) is 127 Å². The van der Waals surface area contributed by atoms with E-state index in [9.17, 15) is 0 Å². The Kier molecular flexibility index (Phi) is 9.17. The number of pyridine rings is 2. The molecule has 1 radical (unpaired) electrons. The van der Waals surface area contributed by atoms with Gasteiger partial charge in [0.15, 0.2) is 0 Å². The number of fused-ring (bicyclic) bond motifs is 5. The zero-order valence-electron chi connectivity index (χ0n) is 28.4. The molecule has 0 bridgehead atoms. The molecule has 46 heavy (non-hydrogen) atoms. The average molecular weight is 813 g/mol. The molecule has 5 heteroatoms. The Labute approximate surface area is 294 Å². The Balaban J connectivity index is 0.000000201. The van der Waals surface area contributed by atoms with Crippen LogP contribution < -0.4 is 5.19 Å². The van der Waals surface area contributed by atoms with E-state index < -0.39 is 14.4 Å². The van der Waals surface area contributed by atoms with Gasteiger partial charge in [-0.3, -0.25) is 4.98 Å². The van der Waals surface area contributed by atoms with Crippen molar-refractivity contribution >= 4 is 55.5 Å². The third-order valence-electron chi connectivity index (χ3n) is 8.64. The summed E-state index contributed by atoms with van der Waals surface area (Å²) in [6.07, 6.45) is 6.64. The van der Waals surface area contributed by atoms with Gasteiger partial charge in [-0.25, -0.2) is 0 Å². The molecule has 2 nitrogen and oxygen atoms in total. The Hall–Kier alpha value is -3.47. The molecule has 3 aromatic heterocycles. The molecular weight excluding hydrogens is 773 g/mol. The molecule has 1 aliphatic rings. The van der Waals surface area contributed by atoms with Crippen LogP contribution in [0.5, 0.6) is 0 Å². The van der Waals surface area contributed by atoms with Gasteiger partial charge in [0.05, 0.1) is 8.07 Å². The van der Waals surface area contributed by atoms with Gasteiger partial charge < -0.3 is 4.98 Å². The normalized spacial score (nSPS) is 14.4. The van der Waals surface area contributed by atoms with Crippen LogP contribution in [0.1, 0.15) is 34.0 Å². The summed E-state index contributed by atoms with van der Waals surface area (Å²) in [7, 11) is -1.23. The van der Waals surface area contributed by atoms with Crippen molar-refractivity contribution in [3.63, 3.8) is 0 Å². The second kappa shape index (κ2) is 14.1. The predicted molar refractivity (Wildman–Crippen MR) is 196 cm³/mol. The summed E-state index contributed by atoms with van der Waals surface area (Å²) in [4.78, 5) is 9.20. The van der Waals surface area contributed by atoms with Crippen molar-refractivity contribution in [2.45, 2.75) is 51.7 Å². The first-order valence-corrected chi connectivity index (χ1v) is 20.2. The molecule has 0 unspecified atom stereocenters. The van der Waals surface area contributed by atoms with Gasteiger partial charge in [-0.15, -0.1) is 53.4 Å². The Morgan fingerprint density at radius 3 is 2.35 bits per heavy atom. The summed E-state index contributed by atoms with van der Waals surface area (Å²) in [6, 6.07) is 39.8. The van der Waals surface area contributed by atoms with Crippen LogP contribution >= 0.6 is 11.3 Å². The van der Waals surface area contributed by atoms with Gasteiger partial charge in [0.25, 0.3) is 0 Å². The number of hydrogen-bond donors (Lipinski definition) is 0. The largest absolute Gasteiger partial charge is 0.305 e. The fourth-order valence-electron chi connectivity index (χ4n) is 6.18. The molecule has 0 atom stereocenters. The predicted octanol–water partition coefficient (Wildman–Crippen LogP) is 10.9. The smallest absolute Gasteiger partial charge is 0.0795 e. The van der Waals surface area contributed by atoms with Crippen LogP contribution in [0.25, 0.3) is 53.5 Å². The van der Waals surface area contributed by atoms with Crippen LogP contribution in [-0.2, 0) is 26.5 Å². The van der Waals surface area contributed by atoms with Gasteiger partial charge in [0.1, 0.15) is 0 Å². The molecule has 0 spiro atoms. The number of thiophene rings is 1. The summed E-state index contributed by atoms with van der Waals surface area (Å²) in [5, 5.41) is 6.17. The van der Waals surface area contributed by atoms with Crippen molar-refractivity contribution in [1.82, 2.24) is 9.97 Å². The van der Waals surface area contributed by atoms with Gasteiger partial charge in [0.2, 0.25) is 0 Å². The summed E-state index contributed by atoms with van der Waals surface area (Å²) < 4.78 is 20.1. The fourth-order valence-corrected chi connectivity index (χ4v) is 8.44. The Morgan fingerprint density at radius 1 is 0.848 bits per heavy atom. The molecule has 233 valence electrons. The minimum Gasteiger partial charge on any atom is -0.305 e. The van der Waals surface area contributed by atoms with Crippen LogP contribution in [-0.4, -0.2) is 18.0 Å². The quantitative estimate of drug-likeness (QED) is 0.128. The van der Waals surface area contributed by atoms with Gasteiger partial charge >= 0.3 is 0 Å². The molecule has 0 saturated heterocycles. The van der Waals surface area contributed by atoms with E-state index in [0.717, 1.165) is 59.1 Å². The first kappa shape index (κ1) is 29.9. The van der Waals surface area contributed by atoms with E-state index in [4.69, 9.17) is 2.74 Å². The van der Waals surface area contributed by atoms with Crippen LogP contribution in [0.15, 0.2) is 109 Å². The Morgan fingerprint density at radius 2 is 1.61 bits per heavy atom. The number of hydrogen-bond acceptors (Lipinski definition) is 3. The number of benzene rings is 4. The second-order valence-electron chi connectivity index (χ2n) is 12.9. The molecule has 0 N–H and O–H groups in total. The van der Waals surface area contributed by atoms with E-state index in [1.807, 2.05) is 48.7 Å². The fraction of sp³-hybridized carbons (Fsp3) is 0.220. The van der Waals surface area contributed by atoms with Crippen molar-refractivity contribution < 1.29 is 22.8 Å². The van der Waals surface area contributed by atoms with E-state index in [1.165, 1.54) is 30.7 Å². The van der Waals surface area contributed by atoms with Crippen LogP contribution in [0.4, 0.5) is 0 Å². The van der Waals surface area contributed by atoms with E-state index in [1.54, 1.807) is 17.5 Å². The van der Waals surface area contributed by atoms with Crippen LogP contribution in [0, 0.1) is 18.1 Å². The van der Waals surface area contributed by atoms with Crippen LogP contribution in [0.3, 0.4) is 0 Å². The minimum atomic E-state index is -1.33. The molecular formula is C41H38IrN2SSi-2. The van der Waals surface area contributed by atoms with Crippen LogP contribution in [0.2, 0.25) is 19.6 Å². The standard InChI is InChI=1S/C27H22NS.C14H16NSi.Ir/c1-2-8-18(7-1)15-19-13-14-28-24(16-19)23-17-20-9-3-4-10-21(20)26-22-11-5-6-12-25(22)29-27(23)26;1-16(2,3)13-9-10-14(15-11-13)12-7-5-4-6-8-12;/h3-6,9-14,16,18H,1-2,7-8,15H2;4-7,9-11H,1-3H3;/q2*-1;/i15D2;;. The van der Waals surface area contributed by atoms with Gasteiger partial charge in [-0.05, 0) is 45.4 Å². The number of rotatable bonds is 5. The first-order chi connectivity index (χ1) is 22.7. The SMILES string of the molecule is C[Si](C)(C)c1ccc(-c2[c-]cccc2)nc1.[2H]C([2H])(c1ccnc(-c2[c-]c3ccccc3c3c2sc2ccccc23)c1)C1CCCC1.[Ir]. The molecule has 7 aromatic rings. The first-order valence-electron chi connectivity index (χ1n) is 16.9. The molecule has 1 saturated carbocycles. The maximum absolute atomic E-state index is 8.84. The van der Waals surface area contributed by atoms with Crippen molar-refractivity contribution in [2.24, 2.45) is 5.92 Å². The summed E-state index contributed by atoms with van der Waals surface area (Å²) in [5.74, 6) is 0.0904. The molecule has 1 fully saturated rings. The summed E-state index contributed by atoms with van der Waals surface area (Å²) >= 11 is 1.77. The molecule has 0 amide bonds. The second-order valence-corrected chi connectivity index (χ2v) is 19.0. The summed E-state index contributed by atoms with van der Waals surface area (Å²) in [6.45, 7) is 7.00. The van der Waals surface area contributed by atoms with Crippen molar-refractivity contribution in [3.8, 4) is 22.5 Å².